The first kappa shape index (κ1) is 18.1. The summed E-state index contributed by atoms with van der Waals surface area (Å²) in [5, 5.41) is 12.2. The van der Waals surface area contributed by atoms with Crippen molar-refractivity contribution in [2.75, 3.05) is 11.9 Å². The number of carbonyl (C=O) groups is 2. The fraction of sp³-hybridized carbons (Fsp3) is 0.0556. The third kappa shape index (κ3) is 3.92. The van der Waals surface area contributed by atoms with E-state index >= 15 is 0 Å². The zero-order valence-corrected chi connectivity index (χ0v) is 14.9. The Balaban J connectivity index is 1.72. The number of benzene rings is 2. The Morgan fingerprint density at radius 3 is 2.65 bits per heavy atom. The lowest BCUT2D eigenvalue weighted by atomic mass is 10.2. The van der Waals surface area contributed by atoms with E-state index in [1.54, 1.807) is 30.3 Å². The van der Waals surface area contributed by atoms with E-state index in [2.05, 4.69) is 5.32 Å². The number of nitrogens with one attached hydrogen (secondary N) is 1. The summed E-state index contributed by atoms with van der Waals surface area (Å²) in [4.78, 5) is 26.0. The number of para-hydroxylation sites is 2. The monoisotopic (exact) mass is 388 g/mol. The number of halogens is 1. The highest BCUT2D eigenvalue weighted by molar-refractivity contribution is 8.26. The predicted octanol–water partition coefficient (Wildman–Crippen LogP) is 3.37. The summed E-state index contributed by atoms with van der Waals surface area (Å²) < 4.78 is 14.0. The van der Waals surface area contributed by atoms with Gasteiger partial charge in [-0.3, -0.25) is 14.5 Å². The van der Waals surface area contributed by atoms with E-state index in [9.17, 15) is 19.1 Å². The second kappa shape index (κ2) is 7.67. The summed E-state index contributed by atoms with van der Waals surface area (Å²) in [6, 6.07) is 12.3. The normalized spacial score (nSPS) is 15.6. The lowest BCUT2D eigenvalue weighted by molar-refractivity contribution is -0.126. The van der Waals surface area contributed by atoms with Gasteiger partial charge < -0.3 is 10.4 Å². The van der Waals surface area contributed by atoms with E-state index < -0.39 is 17.6 Å². The molecule has 0 aliphatic carbocycles. The molecule has 5 nitrogen and oxygen atoms in total. The summed E-state index contributed by atoms with van der Waals surface area (Å²) in [5.41, 5.74) is 0.511. The van der Waals surface area contributed by atoms with Crippen LogP contribution in [0.1, 0.15) is 5.56 Å². The molecule has 1 heterocycles. The first-order chi connectivity index (χ1) is 12.5. The van der Waals surface area contributed by atoms with Crippen LogP contribution in [0.15, 0.2) is 53.4 Å². The molecule has 3 rings (SSSR count). The lowest BCUT2D eigenvalue weighted by Gasteiger charge is -2.14. The van der Waals surface area contributed by atoms with Crippen LogP contribution in [-0.2, 0) is 9.59 Å². The van der Waals surface area contributed by atoms with E-state index in [-0.39, 0.29) is 32.8 Å². The summed E-state index contributed by atoms with van der Waals surface area (Å²) in [6.07, 6.45) is 1.41. The highest BCUT2D eigenvalue weighted by Gasteiger charge is 2.33. The fourth-order valence-corrected chi connectivity index (χ4v) is 3.53. The molecule has 0 aromatic heterocycles. The Hall–Kier alpha value is -2.71. The first-order valence-electron chi connectivity index (χ1n) is 7.53. The maximum atomic E-state index is 13.8. The van der Waals surface area contributed by atoms with E-state index in [4.69, 9.17) is 12.2 Å². The van der Waals surface area contributed by atoms with Gasteiger partial charge >= 0.3 is 0 Å². The average molecular weight is 388 g/mol. The van der Waals surface area contributed by atoms with Crippen molar-refractivity contribution in [1.29, 1.82) is 0 Å². The molecule has 0 spiro atoms. The number of carbonyl (C=O) groups excluding carboxylic acids is 2. The zero-order chi connectivity index (χ0) is 18.7. The van der Waals surface area contributed by atoms with Gasteiger partial charge in [-0.1, -0.05) is 54.3 Å². The van der Waals surface area contributed by atoms with E-state index in [1.807, 2.05) is 0 Å². The number of thiocarbonyl (C=S) groups is 1. The summed E-state index contributed by atoms with van der Waals surface area (Å²) >= 11 is 6.17. The van der Waals surface area contributed by atoms with Crippen LogP contribution in [0, 0.1) is 5.82 Å². The fourth-order valence-electron chi connectivity index (χ4n) is 2.28. The van der Waals surface area contributed by atoms with Crippen LogP contribution in [0.5, 0.6) is 5.75 Å². The van der Waals surface area contributed by atoms with Gasteiger partial charge in [-0.25, -0.2) is 4.39 Å². The Labute approximate surface area is 158 Å². The predicted molar refractivity (Wildman–Crippen MR) is 103 cm³/mol. The molecule has 132 valence electrons. The highest BCUT2D eigenvalue weighted by Crippen LogP contribution is 2.33. The molecule has 0 bridgehead atoms. The molecular formula is C18H13FN2O3S2. The number of amides is 2. The SMILES string of the molecule is O=C(CN1C(=O)C(=Cc2ccccc2F)SC1=S)Nc1ccccc1O. The topological polar surface area (TPSA) is 69.6 Å². The number of aromatic hydroxyl groups is 1. The minimum absolute atomic E-state index is 0.0781. The maximum Gasteiger partial charge on any atom is 0.266 e. The summed E-state index contributed by atoms with van der Waals surface area (Å²) in [5.74, 6) is -1.49. The Morgan fingerprint density at radius 2 is 1.92 bits per heavy atom. The van der Waals surface area contributed by atoms with Crippen LogP contribution in [-0.4, -0.2) is 32.7 Å². The number of anilines is 1. The lowest BCUT2D eigenvalue weighted by Crippen LogP contribution is -2.36. The van der Waals surface area contributed by atoms with Gasteiger partial charge in [0.25, 0.3) is 5.91 Å². The van der Waals surface area contributed by atoms with Gasteiger partial charge in [0.15, 0.2) is 0 Å². The van der Waals surface area contributed by atoms with Crippen LogP contribution >= 0.6 is 24.0 Å². The molecule has 1 fully saturated rings. The minimum Gasteiger partial charge on any atom is -0.506 e. The smallest absolute Gasteiger partial charge is 0.266 e. The van der Waals surface area contributed by atoms with Crippen molar-refractivity contribution in [3.63, 3.8) is 0 Å². The van der Waals surface area contributed by atoms with Crippen LogP contribution < -0.4 is 5.32 Å². The molecule has 26 heavy (non-hydrogen) atoms. The van der Waals surface area contributed by atoms with Crippen LogP contribution in [0.25, 0.3) is 6.08 Å². The first-order valence-corrected chi connectivity index (χ1v) is 8.76. The molecule has 0 unspecified atom stereocenters. The molecule has 1 aliphatic heterocycles. The largest absolute Gasteiger partial charge is 0.506 e. The van der Waals surface area contributed by atoms with Gasteiger partial charge in [0, 0.05) is 5.56 Å². The zero-order valence-electron chi connectivity index (χ0n) is 13.3. The second-order valence-electron chi connectivity index (χ2n) is 5.35. The van der Waals surface area contributed by atoms with Crippen molar-refractivity contribution in [3.05, 3.63) is 64.8 Å². The van der Waals surface area contributed by atoms with Crippen molar-refractivity contribution in [2.45, 2.75) is 0 Å². The molecule has 2 N–H and O–H groups in total. The summed E-state index contributed by atoms with van der Waals surface area (Å²) in [7, 11) is 0. The standard InChI is InChI=1S/C18H13FN2O3S2/c19-12-6-2-1-5-11(12)9-15-17(24)21(18(25)26-15)10-16(23)20-13-7-3-4-8-14(13)22/h1-9,22H,10H2,(H,20,23). The molecular weight excluding hydrogens is 375 g/mol. The number of hydrogen-bond donors (Lipinski definition) is 2. The third-order valence-corrected chi connectivity index (χ3v) is 4.92. The van der Waals surface area contributed by atoms with Crippen molar-refractivity contribution < 1.29 is 19.1 Å². The number of hydrogen-bond acceptors (Lipinski definition) is 5. The van der Waals surface area contributed by atoms with Gasteiger partial charge in [-0.2, -0.15) is 0 Å². The minimum atomic E-state index is -0.505. The van der Waals surface area contributed by atoms with Gasteiger partial charge in [0.1, 0.15) is 22.4 Å². The summed E-state index contributed by atoms with van der Waals surface area (Å²) in [6.45, 7) is -0.298. The Bertz CT molecular complexity index is 930. The average Bonchev–Trinajstić information content (AvgIpc) is 2.86. The van der Waals surface area contributed by atoms with Gasteiger partial charge in [0.2, 0.25) is 5.91 Å². The number of phenolic OH excluding ortho intramolecular Hbond substituents is 1. The quantitative estimate of drug-likeness (QED) is 0.477. The third-order valence-electron chi connectivity index (χ3n) is 3.55. The molecule has 2 aromatic rings. The maximum absolute atomic E-state index is 13.8. The van der Waals surface area contributed by atoms with Crippen LogP contribution in [0.4, 0.5) is 10.1 Å². The Kier molecular flexibility index (Phi) is 5.34. The van der Waals surface area contributed by atoms with Crippen molar-refractivity contribution in [2.24, 2.45) is 0 Å². The van der Waals surface area contributed by atoms with Gasteiger partial charge in [-0.05, 0) is 24.3 Å². The molecule has 8 heteroatoms. The molecule has 0 radical (unpaired) electrons. The number of phenols is 1. The second-order valence-corrected chi connectivity index (χ2v) is 7.03. The highest BCUT2D eigenvalue weighted by atomic mass is 32.2. The molecule has 0 atom stereocenters. The van der Waals surface area contributed by atoms with E-state index in [0.717, 1.165) is 16.7 Å². The molecule has 0 saturated carbocycles. The Morgan fingerprint density at radius 1 is 1.23 bits per heavy atom. The molecule has 1 saturated heterocycles. The number of thioether (sulfide) groups is 1. The van der Waals surface area contributed by atoms with Gasteiger partial charge in [0.05, 0.1) is 10.6 Å². The van der Waals surface area contributed by atoms with E-state index in [0.29, 0.717) is 0 Å². The number of rotatable bonds is 4. The van der Waals surface area contributed by atoms with Gasteiger partial charge in [-0.15, -0.1) is 0 Å². The van der Waals surface area contributed by atoms with Crippen LogP contribution in [0.2, 0.25) is 0 Å². The molecule has 2 amide bonds. The molecule has 1 aliphatic rings. The number of nitrogens with zero attached hydrogens (tertiary/aromatic N) is 1. The van der Waals surface area contributed by atoms with Crippen LogP contribution in [0.3, 0.4) is 0 Å². The van der Waals surface area contributed by atoms with Crippen molar-refractivity contribution in [1.82, 2.24) is 4.90 Å². The van der Waals surface area contributed by atoms with Crippen molar-refractivity contribution >= 4 is 51.9 Å². The molecule has 2 aromatic carbocycles. The van der Waals surface area contributed by atoms with E-state index in [1.165, 1.54) is 24.3 Å². The van der Waals surface area contributed by atoms with Crippen molar-refractivity contribution in [3.8, 4) is 5.75 Å².